The number of nitrogens with zero attached hydrogens (tertiary/aromatic N) is 1. The van der Waals surface area contributed by atoms with Crippen LogP contribution in [0.2, 0.25) is 0 Å². The molecule has 2 unspecified atom stereocenters. The summed E-state index contributed by atoms with van der Waals surface area (Å²) in [6, 6.07) is 0.265. The fraction of sp³-hybridized carbons (Fsp3) is 1.00. The van der Waals surface area contributed by atoms with E-state index in [1.165, 1.54) is 6.42 Å². The average molecular weight is 288 g/mol. The van der Waals surface area contributed by atoms with Crippen molar-refractivity contribution in [2.24, 2.45) is 0 Å². The van der Waals surface area contributed by atoms with Crippen LogP contribution in [-0.4, -0.2) is 35.5 Å². The van der Waals surface area contributed by atoms with E-state index in [0.29, 0.717) is 4.83 Å². The molecular formula is C10H17BrF3N. The van der Waals surface area contributed by atoms with E-state index in [1.807, 2.05) is 4.90 Å². The van der Waals surface area contributed by atoms with Gasteiger partial charge in [0.1, 0.15) is 0 Å². The molecule has 1 aliphatic carbocycles. The van der Waals surface area contributed by atoms with Crippen LogP contribution in [0, 0.1) is 0 Å². The molecule has 0 amide bonds. The zero-order valence-corrected chi connectivity index (χ0v) is 10.4. The van der Waals surface area contributed by atoms with E-state index in [2.05, 4.69) is 15.9 Å². The van der Waals surface area contributed by atoms with E-state index in [4.69, 9.17) is 0 Å². The average Bonchev–Trinajstić information content (AvgIpc) is 2.14. The van der Waals surface area contributed by atoms with Gasteiger partial charge < -0.3 is 4.90 Å². The Balaban J connectivity index is 2.35. The van der Waals surface area contributed by atoms with Crippen LogP contribution in [0.15, 0.2) is 0 Å². The first-order chi connectivity index (χ1) is 6.90. The van der Waals surface area contributed by atoms with Crippen molar-refractivity contribution >= 4 is 15.9 Å². The molecule has 1 aliphatic rings. The Hall–Kier alpha value is 0.230. The number of hydrogen-bond donors (Lipinski definition) is 0. The minimum Gasteiger partial charge on any atom is -0.302 e. The van der Waals surface area contributed by atoms with Crippen LogP contribution in [0.4, 0.5) is 13.2 Å². The minimum absolute atomic E-state index is 0.107. The molecule has 90 valence electrons. The van der Waals surface area contributed by atoms with E-state index in [-0.39, 0.29) is 12.6 Å². The van der Waals surface area contributed by atoms with E-state index in [0.717, 1.165) is 19.3 Å². The second kappa shape index (κ2) is 5.53. The number of halogens is 4. The standard InChI is InChI=1S/C10H17BrF3N/c1-15(7-6-10(12,13)14)9-5-3-2-4-8(9)11/h8-9H,2-7H2,1H3. The van der Waals surface area contributed by atoms with Crippen LogP contribution >= 0.6 is 15.9 Å². The van der Waals surface area contributed by atoms with Gasteiger partial charge in [-0.25, -0.2) is 0 Å². The highest BCUT2D eigenvalue weighted by atomic mass is 79.9. The second-order valence-electron chi connectivity index (χ2n) is 4.21. The van der Waals surface area contributed by atoms with Gasteiger partial charge in [0, 0.05) is 17.4 Å². The molecule has 0 N–H and O–H groups in total. The van der Waals surface area contributed by atoms with E-state index >= 15 is 0 Å². The summed E-state index contributed by atoms with van der Waals surface area (Å²) >= 11 is 3.55. The molecule has 1 rings (SSSR count). The normalized spacial score (nSPS) is 28.4. The Morgan fingerprint density at radius 3 is 2.40 bits per heavy atom. The summed E-state index contributed by atoms with van der Waals surface area (Å²) in [4.78, 5) is 2.19. The third-order valence-corrected chi connectivity index (χ3v) is 4.03. The smallest absolute Gasteiger partial charge is 0.302 e. The van der Waals surface area contributed by atoms with Gasteiger partial charge in [-0.2, -0.15) is 13.2 Å². The largest absolute Gasteiger partial charge is 0.390 e. The fourth-order valence-electron chi connectivity index (χ4n) is 2.03. The lowest BCUT2D eigenvalue weighted by Crippen LogP contribution is -2.42. The SMILES string of the molecule is CN(CCC(F)(F)F)C1CCCCC1Br. The van der Waals surface area contributed by atoms with Crippen molar-refractivity contribution in [2.75, 3.05) is 13.6 Å². The van der Waals surface area contributed by atoms with Crippen LogP contribution in [0.5, 0.6) is 0 Å². The monoisotopic (exact) mass is 287 g/mol. The fourth-order valence-corrected chi connectivity index (χ4v) is 3.02. The maximum Gasteiger partial charge on any atom is 0.390 e. The highest BCUT2D eigenvalue weighted by Crippen LogP contribution is 2.29. The summed E-state index contributed by atoms with van der Waals surface area (Å²) in [5, 5.41) is 0. The van der Waals surface area contributed by atoms with Crippen molar-refractivity contribution < 1.29 is 13.2 Å². The second-order valence-corrected chi connectivity index (χ2v) is 5.39. The van der Waals surface area contributed by atoms with Crippen LogP contribution in [0.25, 0.3) is 0 Å². The van der Waals surface area contributed by atoms with Crippen molar-refractivity contribution in [3.05, 3.63) is 0 Å². The van der Waals surface area contributed by atoms with Gasteiger partial charge in [0.25, 0.3) is 0 Å². The van der Waals surface area contributed by atoms with Crippen LogP contribution in [0.1, 0.15) is 32.1 Å². The molecule has 0 saturated heterocycles. The zero-order valence-electron chi connectivity index (χ0n) is 8.86. The van der Waals surface area contributed by atoms with Gasteiger partial charge in [-0.3, -0.25) is 0 Å². The first-order valence-corrected chi connectivity index (χ1v) is 6.23. The molecular weight excluding hydrogens is 271 g/mol. The molecule has 1 saturated carbocycles. The number of rotatable bonds is 3. The topological polar surface area (TPSA) is 3.24 Å². The Kier molecular flexibility index (Phi) is 4.90. The van der Waals surface area contributed by atoms with E-state index in [9.17, 15) is 13.2 Å². The Labute approximate surface area is 97.1 Å². The molecule has 0 aliphatic heterocycles. The summed E-state index contributed by atoms with van der Waals surface area (Å²) in [7, 11) is 1.79. The Morgan fingerprint density at radius 2 is 1.87 bits per heavy atom. The molecule has 1 nitrogen and oxygen atoms in total. The molecule has 5 heteroatoms. The minimum atomic E-state index is -4.04. The predicted molar refractivity (Wildman–Crippen MR) is 58.3 cm³/mol. The van der Waals surface area contributed by atoms with Gasteiger partial charge in [0.15, 0.2) is 0 Å². The molecule has 15 heavy (non-hydrogen) atoms. The first-order valence-electron chi connectivity index (χ1n) is 5.31. The molecule has 2 atom stereocenters. The molecule has 0 spiro atoms. The van der Waals surface area contributed by atoms with Crippen LogP contribution < -0.4 is 0 Å². The number of alkyl halides is 4. The summed E-state index contributed by atoms with van der Waals surface area (Å²) in [6.45, 7) is 0.107. The van der Waals surface area contributed by atoms with Crippen molar-refractivity contribution in [2.45, 2.75) is 49.1 Å². The third-order valence-electron chi connectivity index (χ3n) is 2.96. The molecule has 0 aromatic rings. The molecule has 0 aromatic carbocycles. The van der Waals surface area contributed by atoms with E-state index in [1.54, 1.807) is 7.05 Å². The molecule has 0 heterocycles. The predicted octanol–water partition coefficient (Wildman–Crippen LogP) is 3.58. The summed E-state index contributed by atoms with van der Waals surface area (Å²) in [5.74, 6) is 0. The Morgan fingerprint density at radius 1 is 1.27 bits per heavy atom. The lowest BCUT2D eigenvalue weighted by Gasteiger charge is -2.35. The van der Waals surface area contributed by atoms with Gasteiger partial charge in [0.05, 0.1) is 6.42 Å². The van der Waals surface area contributed by atoms with E-state index < -0.39 is 12.6 Å². The van der Waals surface area contributed by atoms with Gasteiger partial charge in [-0.15, -0.1) is 0 Å². The summed E-state index contributed by atoms with van der Waals surface area (Å²) in [5.41, 5.74) is 0. The van der Waals surface area contributed by atoms with Crippen LogP contribution in [0.3, 0.4) is 0 Å². The third kappa shape index (κ3) is 4.72. The molecule has 0 bridgehead atoms. The van der Waals surface area contributed by atoms with Gasteiger partial charge >= 0.3 is 6.18 Å². The quantitative estimate of drug-likeness (QED) is 0.717. The lowest BCUT2D eigenvalue weighted by atomic mass is 9.94. The van der Waals surface area contributed by atoms with Crippen molar-refractivity contribution in [3.8, 4) is 0 Å². The van der Waals surface area contributed by atoms with Gasteiger partial charge in [-0.05, 0) is 19.9 Å². The maximum absolute atomic E-state index is 12.0. The molecule has 1 fully saturated rings. The lowest BCUT2D eigenvalue weighted by molar-refractivity contribution is -0.138. The van der Waals surface area contributed by atoms with Crippen LogP contribution in [-0.2, 0) is 0 Å². The molecule has 0 radical (unpaired) electrons. The number of hydrogen-bond acceptors (Lipinski definition) is 1. The Bertz CT molecular complexity index is 196. The van der Waals surface area contributed by atoms with Crippen molar-refractivity contribution in [1.82, 2.24) is 4.90 Å². The highest BCUT2D eigenvalue weighted by molar-refractivity contribution is 9.09. The maximum atomic E-state index is 12.0. The molecule has 0 aromatic heterocycles. The summed E-state index contributed by atoms with van der Waals surface area (Å²) in [6.07, 6.45) is -0.363. The van der Waals surface area contributed by atoms with Crippen molar-refractivity contribution in [3.63, 3.8) is 0 Å². The zero-order chi connectivity index (χ0) is 11.5. The van der Waals surface area contributed by atoms with Gasteiger partial charge in [-0.1, -0.05) is 28.8 Å². The highest BCUT2D eigenvalue weighted by Gasteiger charge is 2.31. The summed E-state index contributed by atoms with van der Waals surface area (Å²) < 4.78 is 36.1. The van der Waals surface area contributed by atoms with Gasteiger partial charge in [0.2, 0.25) is 0 Å². The first kappa shape index (κ1) is 13.3. The van der Waals surface area contributed by atoms with Crippen molar-refractivity contribution in [1.29, 1.82) is 0 Å².